The molecule has 2 rings (SSSR count). The van der Waals surface area contributed by atoms with Crippen molar-refractivity contribution in [3.8, 4) is 5.75 Å². The summed E-state index contributed by atoms with van der Waals surface area (Å²) in [6.45, 7) is 2.89. The molecule has 0 bridgehead atoms. The normalized spacial score (nSPS) is 19.7. The molecule has 0 spiro atoms. The number of benzene rings is 1. The Morgan fingerprint density at radius 3 is 2.78 bits per heavy atom. The van der Waals surface area contributed by atoms with Crippen molar-refractivity contribution in [1.29, 1.82) is 0 Å². The number of ether oxygens (including phenoxy) is 2. The molecule has 1 fully saturated rings. The van der Waals surface area contributed by atoms with Crippen LogP contribution in [0.2, 0.25) is 0 Å². The Morgan fingerprint density at radius 2 is 2.11 bits per heavy atom. The van der Waals surface area contributed by atoms with E-state index in [9.17, 15) is 0 Å². The third-order valence-corrected chi connectivity index (χ3v) is 3.41. The minimum Gasteiger partial charge on any atom is -0.497 e. The van der Waals surface area contributed by atoms with Gasteiger partial charge in [0, 0.05) is 13.2 Å². The van der Waals surface area contributed by atoms with Gasteiger partial charge >= 0.3 is 0 Å². The zero-order valence-electron chi connectivity index (χ0n) is 11.2. The summed E-state index contributed by atoms with van der Waals surface area (Å²) >= 11 is 0. The van der Waals surface area contributed by atoms with Crippen molar-refractivity contribution in [3.05, 3.63) is 29.8 Å². The highest BCUT2D eigenvalue weighted by molar-refractivity contribution is 5.26. The smallest absolute Gasteiger partial charge is 0.118 e. The molecule has 1 aliphatic heterocycles. The molecule has 0 saturated carbocycles. The fraction of sp³-hybridized carbons (Fsp3) is 0.600. The third-order valence-electron chi connectivity index (χ3n) is 3.41. The van der Waals surface area contributed by atoms with Crippen LogP contribution in [0.1, 0.15) is 31.2 Å². The van der Waals surface area contributed by atoms with E-state index in [-0.39, 0.29) is 0 Å². The van der Waals surface area contributed by atoms with E-state index in [1.165, 1.54) is 24.8 Å². The second-order valence-electron chi connectivity index (χ2n) is 4.80. The molecule has 3 nitrogen and oxygen atoms in total. The Hall–Kier alpha value is -1.06. The summed E-state index contributed by atoms with van der Waals surface area (Å²) in [5.41, 5.74) is 1.29. The van der Waals surface area contributed by atoms with E-state index in [2.05, 4.69) is 17.4 Å². The summed E-state index contributed by atoms with van der Waals surface area (Å²) in [6, 6.07) is 8.20. The molecular weight excluding hydrogens is 226 g/mol. The van der Waals surface area contributed by atoms with E-state index in [1.807, 2.05) is 12.1 Å². The lowest BCUT2D eigenvalue weighted by atomic mass is 10.1. The van der Waals surface area contributed by atoms with Crippen LogP contribution in [0.4, 0.5) is 0 Å². The SMILES string of the molecule is COc1ccc(CNCCC2CCCCO2)cc1. The molecule has 0 aliphatic carbocycles. The van der Waals surface area contributed by atoms with Crippen LogP contribution in [0.25, 0.3) is 0 Å². The molecule has 1 saturated heterocycles. The average Bonchev–Trinajstić information content (AvgIpc) is 2.45. The van der Waals surface area contributed by atoms with Gasteiger partial charge in [-0.05, 0) is 49.9 Å². The number of rotatable bonds is 6. The number of methoxy groups -OCH3 is 1. The maximum Gasteiger partial charge on any atom is 0.118 e. The molecule has 1 aliphatic rings. The van der Waals surface area contributed by atoms with Gasteiger partial charge in [0.05, 0.1) is 13.2 Å². The lowest BCUT2D eigenvalue weighted by Crippen LogP contribution is -2.25. The summed E-state index contributed by atoms with van der Waals surface area (Å²) in [6.07, 6.45) is 5.38. The molecule has 1 N–H and O–H groups in total. The molecule has 1 heterocycles. The average molecular weight is 249 g/mol. The minimum absolute atomic E-state index is 0.474. The highest BCUT2D eigenvalue weighted by Crippen LogP contribution is 2.15. The molecule has 18 heavy (non-hydrogen) atoms. The summed E-state index contributed by atoms with van der Waals surface area (Å²) in [5.74, 6) is 0.911. The standard InChI is InChI=1S/C15H23NO2/c1-17-14-7-5-13(6-8-14)12-16-10-9-15-4-2-3-11-18-15/h5-8,15-16H,2-4,9-12H2,1H3. The Labute approximate surface area is 109 Å². The first-order valence-corrected chi connectivity index (χ1v) is 6.84. The molecule has 0 radical (unpaired) electrons. The predicted octanol–water partition coefficient (Wildman–Crippen LogP) is 2.74. The lowest BCUT2D eigenvalue weighted by Gasteiger charge is -2.22. The van der Waals surface area contributed by atoms with Crippen molar-refractivity contribution >= 4 is 0 Å². The van der Waals surface area contributed by atoms with Gasteiger partial charge in [0.2, 0.25) is 0 Å². The molecule has 0 aromatic heterocycles. The van der Waals surface area contributed by atoms with Crippen LogP contribution in [0, 0.1) is 0 Å². The fourth-order valence-corrected chi connectivity index (χ4v) is 2.27. The van der Waals surface area contributed by atoms with Crippen LogP contribution < -0.4 is 10.1 Å². The van der Waals surface area contributed by atoms with Gasteiger partial charge in [-0.15, -0.1) is 0 Å². The van der Waals surface area contributed by atoms with Crippen molar-refractivity contribution in [3.63, 3.8) is 0 Å². The van der Waals surface area contributed by atoms with Crippen LogP contribution in [0.15, 0.2) is 24.3 Å². The minimum atomic E-state index is 0.474. The van der Waals surface area contributed by atoms with Crippen molar-refractivity contribution in [2.75, 3.05) is 20.3 Å². The van der Waals surface area contributed by atoms with Gasteiger partial charge in [0.15, 0.2) is 0 Å². The van der Waals surface area contributed by atoms with Gasteiger partial charge in [-0.1, -0.05) is 12.1 Å². The molecule has 1 aromatic carbocycles. The monoisotopic (exact) mass is 249 g/mol. The quantitative estimate of drug-likeness (QED) is 0.786. The second-order valence-corrected chi connectivity index (χ2v) is 4.80. The van der Waals surface area contributed by atoms with E-state index in [4.69, 9.17) is 9.47 Å². The molecule has 1 aromatic rings. The second kappa shape index (κ2) is 7.39. The van der Waals surface area contributed by atoms with Crippen molar-refractivity contribution < 1.29 is 9.47 Å². The molecule has 0 amide bonds. The summed E-state index contributed by atoms with van der Waals surface area (Å²) < 4.78 is 10.8. The molecule has 1 unspecified atom stereocenters. The fourth-order valence-electron chi connectivity index (χ4n) is 2.27. The van der Waals surface area contributed by atoms with Crippen molar-refractivity contribution in [2.24, 2.45) is 0 Å². The zero-order valence-corrected chi connectivity index (χ0v) is 11.2. The number of nitrogens with one attached hydrogen (secondary N) is 1. The molecular formula is C15H23NO2. The van der Waals surface area contributed by atoms with E-state index < -0.39 is 0 Å². The van der Waals surface area contributed by atoms with E-state index in [0.717, 1.165) is 31.9 Å². The third kappa shape index (κ3) is 4.31. The Balaban J connectivity index is 1.62. The van der Waals surface area contributed by atoms with Crippen LogP contribution >= 0.6 is 0 Å². The van der Waals surface area contributed by atoms with Crippen LogP contribution in [-0.2, 0) is 11.3 Å². The van der Waals surface area contributed by atoms with Gasteiger partial charge in [-0.2, -0.15) is 0 Å². The van der Waals surface area contributed by atoms with E-state index in [1.54, 1.807) is 7.11 Å². The van der Waals surface area contributed by atoms with Gasteiger partial charge < -0.3 is 14.8 Å². The van der Waals surface area contributed by atoms with Crippen LogP contribution in [0.3, 0.4) is 0 Å². The Morgan fingerprint density at radius 1 is 1.28 bits per heavy atom. The first-order chi connectivity index (χ1) is 8.88. The topological polar surface area (TPSA) is 30.5 Å². The van der Waals surface area contributed by atoms with Crippen molar-refractivity contribution in [2.45, 2.75) is 38.3 Å². The van der Waals surface area contributed by atoms with Crippen LogP contribution in [-0.4, -0.2) is 26.4 Å². The first-order valence-electron chi connectivity index (χ1n) is 6.84. The number of hydrogen-bond acceptors (Lipinski definition) is 3. The summed E-state index contributed by atoms with van der Waals surface area (Å²) in [5, 5.41) is 3.47. The number of hydrogen-bond donors (Lipinski definition) is 1. The Bertz CT molecular complexity index is 331. The first kappa shape index (κ1) is 13.4. The lowest BCUT2D eigenvalue weighted by molar-refractivity contribution is 0.0115. The van der Waals surface area contributed by atoms with Crippen LogP contribution in [0.5, 0.6) is 5.75 Å². The van der Waals surface area contributed by atoms with Crippen molar-refractivity contribution in [1.82, 2.24) is 5.32 Å². The molecule has 3 heteroatoms. The Kier molecular flexibility index (Phi) is 5.49. The van der Waals surface area contributed by atoms with E-state index >= 15 is 0 Å². The summed E-state index contributed by atoms with van der Waals surface area (Å²) in [7, 11) is 1.69. The molecule has 1 atom stereocenters. The predicted molar refractivity (Wildman–Crippen MR) is 72.9 cm³/mol. The van der Waals surface area contributed by atoms with Gasteiger partial charge in [-0.25, -0.2) is 0 Å². The highest BCUT2D eigenvalue weighted by atomic mass is 16.5. The van der Waals surface area contributed by atoms with E-state index in [0.29, 0.717) is 6.10 Å². The molecule has 100 valence electrons. The maximum absolute atomic E-state index is 5.70. The largest absolute Gasteiger partial charge is 0.497 e. The van der Waals surface area contributed by atoms with Gasteiger partial charge in [0.25, 0.3) is 0 Å². The van der Waals surface area contributed by atoms with Gasteiger partial charge in [0.1, 0.15) is 5.75 Å². The summed E-state index contributed by atoms with van der Waals surface area (Å²) in [4.78, 5) is 0. The highest BCUT2D eigenvalue weighted by Gasteiger charge is 2.12. The van der Waals surface area contributed by atoms with Gasteiger partial charge in [-0.3, -0.25) is 0 Å². The zero-order chi connectivity index (χ0) is 12.6. The maximum atomic E-state index is 5.70.